The van der Waals surface area contributed by atoms with Gasteiger partial charge in [-0.1, -0.05) is 30.3 Å². The zero-order chi connectivity index (χ0) is 13.8. The Hall–Kier alpha value is -1.23. The fourth-order valence-corrected chi connectivity index (χ4v) is 3.72. The predicted octanol–water partition coefficient (Wildman–Crippen LogP) is 3.01. The monoisotopic (exact) mass is 288 g/mol. The second-order valence-electron chi connectivity index (χ2n) is 5.42. The summed E-state index contributed by atoms with van der Waals surface area (Å²) in [5.74, 6) is 0.449. The minimum Gasteiger partial charge on any atom is -0.396 e. The Morgan fingerprint density at radius 3 is 2.95 bits per heavy atom. The van der Waals surface area contributed by atoms with Gasteiger partial charge in [0.1, 0.15) is 5.01 Å². The highest BCUT2D eigenvalue weighted by Crippen LogP contribution is 2.26. The summed E-state index contributed by atoms with van der Waals surface area (Å²) in [5.41, 5.74) is 1.19. The summed E-state index contributed by atoms with van der Waals surface area (Å²) >= 11 is 1.77. The molecular weight excluding hydrogens is 268 g/mol. The van der Waals surface area contributed by atoms with Crippen molar-refractivity contribution < 1.29 is 5.11 Å². The molecule has 1 fully saturated rings. The van der Waals surface area contributed by atoms with Crippen molar-refractivity contribution in [3.63, 3.8) is 0 Å². The molecule has 0 radical (unpaired) electrons. The summed E-state index contributed by atoms with van der Waals surface area (Å²) < 4.78 is 0. The number of nitrogens with zero attached hydrogens (tertiary/aromatic N) is 2. The van der Waals surface area contributed by atoms with Gasteiger partial charge in [-0.3, -0.25) is 4.90 Å². The highest BCUT2D eigenvalue weighted by atomic mass is 32.1. The number of benzene rings is 1. The van der Waals surface area contributed by atoms with Gasteiger partial charge in [-0.2, -0.15) is 0 Å². The van der Waals surface area contributed by atoms with Crippen LogP contribution >= 0.6 is 11.3 Å². The molecule has 1 aliphatic rings. The molecule has 106 valence electrons. The maximum Gasteiger partial charge on any atom is 0.123 e. The lowest BCUT2D eigenvalue weighted by molar-refractivity contribution is 0.116. The number of aromatic nitrogens is 1. The van der Waals surface area contributed by atoms with Crippen LogP contribution in [0.1, 0.15) is 17.7 Å². The molecule has 1 aromatic heterocycles. The molecule has 0 saturated carbocycles. The van der Waals surface area contributed by atoms with Crippen molar-refractivity contribution in [2.45, 2.75) is 19.4 Å². The quantitative estimate of drug-likeness (QED) is 0.939. The Bertz CT molecular complexity index is 540. The molecule has 1 aliphatic heterocycles. The molecule has 1 unspecified atom stereocenters. The van der Waals surface area contributed by atoms with E-state index in [1.165, 1.54) is 16.9 Å². The van der Waals surface area contributed by atoms with Crippen LogP contribution in [0.25, 0.3) is 10.6 Å². The molecule has 1 atom stereocenters. The van der Waals surface area contributed by atoms with Crippen LogP contribution in [0.2, 0.25) is 0 Å². The van der Waals surface area contributed by atoms with E-state index in [4.69, 9.17) is 0 Å². The predicted molar refractivity (Wildman–Crippen MR) is 82.6 cm³/mol. The highest BCUT2D eigenvalue weighted by molar-refractivity contribution is 7.15. The van der Waals surface area contributed by atoms with E-state index >= 15 is 0 Å². The van der Waals surface area contributed by atoms with Gasteiger partial charge in [-0.25, -0.2) is 4.98 Å². The van der Waals surface area contributed by atoms with Gasteiger partial charge in [0.15, 0.2) is 0 Å². The van der Waals surface area contributed by atoms with E-state index in [0.717, 1.165) is 31.1 Å². The Labute approximate surface area is 123 Å². The van der Waals surface area contributed by atoms with E-state index in [1.807, 2.05) is 24.4 Å². The normalized spacial score (nSPS) is 20.1. The summed E-state index contributed by atoms with van der Waals surface area (Å²) in [6, 6.07) is 10.3. The Morgan fingerprint density at radius 2 is 2.15 bits per heavy atom. The van der Waals surface area contributed by atoms with Gasteiger partial charge in [0.05, 0.1) is 0 Å². The number of rotatable bonds is 4. The SMILES string of the molecule is OCC1CCCN(Cc2cnc(-c3ccccc3)s2)C1. The molecule has 2 heterocycles. The van der Waals surface area contributed by atoms with Crippen LogP contribution < -0.4 is 0 Å². The molecule has 1 N–H and O–H groups in total. The molecular formula is C16H20N2OS. The van der Waals surface area contributed by atoms with E-state index < -0.39 is 0 Å². The Morgan fingerprint density at radius 1 is 1.30 bits per heavy atom. The zero-order valence-electron chi connectivity index (χ0n) is 11.5. The molecule has 1 aromatic carbocycles. The number of thiazole rings is 1. The van der Waals surface area contributed by atoms with Crippen LogP contribution in [0, 0.1) is 5.92 Å². The van der Waals surface area contributed by atoms with Crippen LogP contribution in [0.5, 0.6) is 0 Å². The number of aliphatic hydroxyl groups is 1. The molecule has 3 nitrogen and oxygen atoms in total. The van der Waals surface area contributed by atoms with Crippen LogP contribution in [-0.2, 0) is 6.54 Å². The van der Waals surface area contributed by atoms with Crippen LogP contribution in [0.15, 0.2) is 36.5 Å². The molecule has 4 heteroatoms. The molecule has 0 bridgehead atoms. The lowest BCUT2D eigenvalue weighted by Gasteiger charge is -2.31. The Balaban J connectivity index is 1.65. The van der Waals surface area contributed by atoms with E-state index in [-0.39, 0.29) is 0 Å². The number of hydrogen-bond donors (Lipinski definition) is 1. The lowest BCUT2D eigenvalue weighted by Crippen LogP contribution is -2.36. The standard InChI is InChI=1S/C16H20N2OS/c19-12-13-5-4-8-18(10-13)11-15-9-17-16(20-15)14-6-2-1-3-7-14/h1-3,6-7,9,13,19H,4-5,8,10-12H2. The fourth-order valence-electron chi connectivity index (χ4n) is 2.76. The first-order valence-corrected chi connectivity index (χ1v) is 8.00. The molecule has 0 aliphatic carbocycles. The maximum absolute atomic E-state index is 9.29. The first-order valence-electron chi connectivity index (χ1n) is 7.18. The largest absolute Gasteiger partial charge is 0.396 e. The zero-order valence-corrected chi connectivity index (χ0v) is 12.4. The molecule has 3 rings (SSSR count). The van der Waals surface area contributed by atoms with Crippen LogP contribution in [0.4, 0.5) is 0 Å². The minimum atomic E-state index is 0.314. The topological polar surface area (TPSA) is 36.4 Å². The van der Waals surface area contributed by atoms with Gasteiger partial charge < -0.3 is 5.11 Å². The van der Waals surface area contributed by atoms with Gasteiger partial charge in [-0.05, 0) is 25.3 Å². The molecule has 0 amide bonds. The summed E-state index contributed by atoms with van der Waals surface area (Å²) in [6.45, 7) is 3.42. The first kappa shape index (κ1) is 13.7. The maximum atomic E-state index is 9.29. The Kier molecular flexibility index (Phi) is 4.45. The third kappa shape index (κ3) is 3.26. The molecule has 2 aromatic rings. The summed E-state index contributed by atoms with van der Waals surface area (Å²) in [7, 11) is 0. The average molecular weight is 288 g/mol. The molecule has 20 heavy (non-hydrogen) atoms. The van der Waals surface area contributed by atoms with Crippen molar-refractivity contribution in [1.82, 2.24) is 9.88 Å². The minimum absolute atomic E-state index is 0.314. The number of aliphatic hydroxyl groups excluding tert-OH is 1. The third-order valence-electron chi connectivity index (χ3n) is 3.82. The number of likely N-dealkylation sites (tertiary alicyclic amines) is 1. The van der Waals surface area contributed by atoms with Crippen molar-refractivity contribution in [2.75, 3.05) is 19.7 Å². The van der Waals surface area contributed by atoms with Crippen molar-refractivity contribution >= 4 is 11.3 Å². The smallest absolute Gasteiger partial charge is 0.123 e. The van der Waals surface area contributed by atoms with Crippen LogP contribution in [0.3, 0.4) is 0 Å². The average Bonchev–Trinajstić information content (AvgIpc) is 2.97. The second-order valence-corrected chi connectivity index (χ2v) is 6.54. The van der Waals surface area contributed by atoms with E-state index in [1.54, 1.807) is 11.3 Å². The van der Waals surface area contributed by atoms with E-state index in [9.17, 15) is 5.11 Å². The molecule has 1 saturated heterocycles. The van der Waals surface area contributed by atoms with Gasteiger partial charge in [0, 0.05) is 36.3 Å². The van der Waals surface area contributed by atoms with Gasteiger partial charge in [0.25, 0.3) is 0 Å². The number of piperidine rings is 1. The summed E-state index contributed by atoms with van der Waals surface area (Å²) in [4.78, 5) is 8.28. The van der Waals surface area contributed by atoms with Crippen molar-refractivity contribution in [2.24, 2.45) is 5.92 Å². The lowest BCUT2D eigenvalue weighted by atomic mass is 9.99. The van der Waals surface area contributed by atoms with Gasteiger partial charge in [0.2, 0.25) is 0 Å². The van der Waals surface area contributed by atoms with E-state index in [2.05, 4.69) is 22.0 Å². The van der Waals surface area contributed by atoms with Crippen molar-refractivity contribution in [1.29, 1.82) is 0 Å². The molecule has 0 spiro atoms. The fraction of sp³-hybridized carbons (Fsp3) is 0.438. The van der Waals surface area contributed by atoms with Crippen molar-refractivity contribution in [3.8, 4) is 10.6 Å². The van der Waals surface area contributed by atoms with E-state index in [0.29, 0.717) is 12.5 Å². The van der Waals surface area contributed by atoms with Gasteiger partial charge >= 0.3 is 0 Å². The highest BCUT2D eigenvalue weighted by Gasteiger charge is 2.19. The van der Waals surface area contributed by atoms with Gasteiger partial charge in [-0.15, -0.1) is 11.3 Å². The third-order valence-corrected chi connectivity index (χ3v) is 4.85. The second kappa shape index (κ2) is 6.48. The van der Waals surface area contributed by atoms with Crippen LogP contribution in [-0.4, -0.2) is 34.7 Å². The first-order chi connectivity index (χ1) is 9.85. The summed E-state index contributed by atoms with van der Waals surface area (Å²) in [6.07, 6.45) is 4.34. The summed E-state index contributed by atoms with van der Waals surface area (Å²) in [5, 5.41) is 10.4. The number of hydrogen-bond acceptors (Lipinski definition) is 4. The van der Waals surface area contributed by atoms with Crippen molar-refractivity contribution in [3.05, 3.63) is 41.4 Å².